The Morgan fingerprint density at radius 1 is 1.18 bits per heavy atom. The molecule has 1 aromatic carbocycles. The fraction of sp³-hybridized carbons (Fsp3) is 0.500. The van der Waals surface area contributed by atoms with Gasteiger partial charge in [0.2, 0.25) is 0 Å². The van der Waals surface area contributed by atoms with Crippen molar-refractivity contribution < 1.29 is 14.3 Å². The highest BCUT2D eigenvalue weighted by Crippen LogP contribution is 2.30. The molecule has 0 spiro atoms. The molecule has 3 aliphatic rings. The molecule has 0 aromatic heterocycles. The van der Waals surface area contributed by atoms with Gasteiger partial charge in [0.15, 0.2) is 6.61 Å². The average Bonchev–Trinajstić information content (AvgIpc) is 3.39. The fourth-order valence-electron chi connectivity index (χ4n) is 3.12. The predicted molar refractivity (Wildman–Crippen MR) is 81.1 cm³/mol. The van der Waals surface area contributed by atoms with Gasteiger partial charge >= 0.3 is 0 Å². The van der Waals surface area contributed by atoms with E-state index in [1.807, 2.05) is 4.90 Å². The summed E-state index contributed by atoms with van der Waals surface area (Å²) in [4.78, 5) is 28.3. The molecule has 0 bridgehead atoms. The lowest BCUT2D eigenvalue weighted by atomic mass is 10.1. The van der Waals surface area contributed by atoms with Crippen molar-refractivity contribution in [3.8, 4) is 5.75 Å². The zero-order valence-corrected chi connectivity index (χ0v) is 12.4. The molecule has 2 fully saturated rings. The molecule has 22 heavy (non-hydrogen) atoms. The summed E-state index contributed by atoms with van der Waals surface area (Å²) in [5.74, 6) is 0.448. The van der Waals surface area contributed by atoms with E-state index in [4.69, 9.17) is 4.74 Å². The molecule has 0 unspecified atom stereocenters. The lowest BCUT2D eigenvalue weighted by Crippen LogP contribution is -2.49. The minimum absolute atomic E-state index is 0.00467. The van der Waals surface area contributed by atoms with E-state index in [2.05, 4.69) is 10.2 Å². The van der Waals surface area contributed by atoms with Crippen LogP contribution < -0.4 is 10.1 Å². The van der Waals surface area contributed by atoms with Crippen molar-refractivity contribution in [2.45, 2.75) is 18.9 Å². The van der Waals surface area contributed by atoms with Crippen LogP contribution in [0.4, 0.5) is 5.69 Å². The van der Waals surface area contributed by atoms with E-state index in [9.17, 15) is 9.59 Å². The molecule has 0 radical (unpaired) electrons. The van der Waals surface area contributed by atoms with Crippen LogP contribution in [0.5, 0.6) is 5.75 Å². The highest BCUT2D eigenvalue weighted by molar-refractivity contribution is 5.99. The number of hydrogen-bond acceptors (Lipinski definition) is 4. The zero-order valence-electron chi connectivity index (χ0n) is 12.4. The van der Waals surface area contributed by atoms with Gasteiger partial charge in [-0.2, -0.15) is 0 Å². The van der Waals surface area contributed by atoms with Gasteiger partial charge in [-0.1, -0.05) is 0 Å². The first-order valence-electron chi connectivity index (χ1n) is 7.81. The zero-order chi connectivity index (χ0) is 15.1. The number of fused-ring (bicyclic) bond motifs is 1. The molecule has 1 saturated carbocycles. The van der Waals surface area contributed by atoms with Gasteiger partial charge in [0.1, 0.15) is 5.75 Å². The second-order valence-electron chi connectivity index (χ2n) is 6.11. The van der Waals surface area contributed by atoms with Gasteiger partial charge in [-0.05, 0) is 31.0 Å². The van der Waals surface area contributed by atoms with Crippen molar-refractivity contribution in [2.75, 3.05) is 38.1 Å². The van der Waals surface area contributed by atoms with Crippen LogP contribution >= 0.6 is 0 Å². The van der Waals surface area contributed by atoms with Crippen molar-refractivity contribution in [1.82, 2.24) is 9.80 Å². The van der Waals surface area contributed by atoms with E-state index in [0.717, 1.165) is 32.2 Å². The van der Waals surface area contributed by atoms with Crippen LogP contribution in [0.25, 0.3) is 0 Å². The molecule has 6 nitrogen and oxygen atoms in total. The average molecular weight is 301 g/mol. The standard InChI is InChI=1S/C16H19N3O3/c20-15-10-22-14-9-11(1-4-13(14)17-15)16(21)19-7-5-18(6-8-19)12-2-3-12/h1,4,9,12H,2-3,5-8,10H2,(H,17,20). The number of hydrogen-bond donors (Lipinski definition) is 1. The second kappa shape index (κ2) is 5.28. The van der Waals surface area contributed by atoms with Crippen LogP contribution in [-0.4, -0.2) is 60.4 Å². The maximum atomic E-state index is 12.6. The van der Waals surface area contributed by atoms with Crippen molar-refractivity contribution in [2.24, 2.45) is 0 Å². The van der Waals surface area contributed by atoms with Gasteiger partial charge in [-0.3, -0.25) is 14.5 Å². The van der Waals surface area contributed by atoms with Gasteiger partial charge in [-0.25, -0.2) is 0 Å². The third-order valence-corrected chi connectivity index (χ3v) is 4.53. The minimum Gasteiger partial charge on any atom is -0.482 e. The van der Waals surface area contributed by atoms with Gasteiger partial charge in [0, 0.05) is 37.8 Å². The first kappa shape index (κ1) is 13.6. The Kier molecular flexibility index (Phi) is 3.26. The molecule has 1 N–H and O–H groups in total. The molecule has 4 rings (SSSR count). The number of benzene rings is 1. The Morgan fingerprint density at radius 3 is 2.68 bits per heavy atom. The number of carbonyl (C=O) groups excluding carboxylic acids is 2. The molecule has 1 aromatic rings. The van der Waals surface area contributed by atoms with Gasteiger partial charge in [-0.15, -0.1) is 0 Å². The number of rotatable bonds is 2. The molecule has 2 aliphatic heterocycles. The summed E-state index contributed by atoms with van der Waals surface area (Å²) >= 11 is 0. The number of nitrogens with zero attached hydrogens (tertiary/aromatic N) is 2. The third kappa shape index (κ3) is 2.54. The predicted octanol–water partition coefficient (Wildman–Crippen LogP) is 0.938. The Bertz CT molecular complexity index is 619. The van der Waals surface area contributed by atoms with E-state index in [1.165, 1.54) is 12.8 Å². The van der Waals surface area contributed by atoms with E-state index in [-0.39, 0.29) is 18.4 Å². The summed E-state index contributed by atoms with van der Waals surface area (Å²) < 4.78 is 5.38. The molecule has 116 valence electrons. The Labute approximate surface area is 129 Å². The lowest BCUT2D eigenvalue weighted by molar-refractivity contribution is -0.118. The molecular formula is C16H19N3O3. The van der Waals surface area contributed by atoms with Crippen LogP contribution in [0.2, 0.25) is 0 Å². The molecule has 1 saturated heterocycles. The van der Waals surface area contributed by atoms with Crippen LogP contribution in [0, 0.1) is 0 Å². The maximum absolute atomic E-state index is 12.6. The van der Waals surface area contributed by atoms with Crippen molar-refractivity contribution >= 4 is 17.5 Å². The third-order valence-electron chi connectivity index (χ3n) is 4.53. The van der Waals surface area contributed by atoms with Crippen molar-refractivity contribution in [1.29, 1.82) is 0 Å². The van der Waals surface area contributed by atoms with Crippen molar-refractivity contribution in [3.05, 3.63) is 23.8 Å². The Balaban J connectivity index is 1.45. The van der Waals surface area contributed by atoms with Crippen LogP contribution in [-0.2, 0) is 4.79 Å². The maximum Gasteiger partial charge on any atom is 0.262 e. The Morgan fingerprint density at radius 2 is 1.95 bits per heavy atom. The lowest BCUT2D eigenvalue weighted by Gasteiger charge is -2.35. The summed E-state index contributed by atoms with van der Waals surface area (Å²) in [6.45, 7) is 3.50. The Hall–Kier alpha value is -2.08. The number of nitrogens with one attached hydrogen (secondary N) is 1. The number of piperazine rings is 1. The quantitative estimate of drug-likeness (QED) is 0.883. The summed E-state index contributed by atoms with van der Waals surface area (Å²) in [6.07, 6.45) is 2.61. The van der Waals surface area contributed by atoms with Crippen LogP contribution in [0.15, 0.2) is 18.2 Å². The van der Waals surface area contributed by atoms with Gasteiger partial charge < -0.3 is 15.0 Å². The van der Waals surface area contributed by atoms with Crippen LogP contribution in [0.1, 0.15) is 23.2 Å². The smallest absolute Gasteiger partial charge is 0.262 e. The first-order valence-corrected chi connectivity index (χ1v) is 7.81. The van der Waals surface area contributed by atoms with E-state index in [1.54, 1.807) is 18.2 Å². The van der Waals surface area contributed by atoms with E-state index in [0.29, 0.717) is 17.0 Å². The molecular weight excluding hydrogens is 282 g/mol. The van der Waals surface area contributed by atoms with Gasteiger partial charge in [0.05, 0.1) is 5.69 Å². The van der Waals surface area contributed by atoms with Gasteiger partial charge in [0.25, 0.3) is 11.8 Å². The summed E-state index contributed by atoms with van der Waals surface area (Å²) in [7, 11) is 0. The SMILES string of the molecule is O=C1COc2cc(C(=O)N3CCN(C4CC4)CC3)ccc2N1. The van der Waals surface area contributed by atoms with E-state index >= 15 is 0 Å². The van der Waals surface area contributed by atoms with Crippen LogP contribution in [0.3, 0.4) is 0 Å². The molecule has 2 amide bonds. The fourth-order valence-corrected chi connectivity index (χ4v) is 3.12. The molecule has 0 atom stereocenters. The summed E-state index contributed by atoms with van der Waals surface area (Å²) in [6, 6.07) is 5.98. The number of ether oxygens (including phenoxy) is 1. The molecule has 2 heterocycles. The summed E-state index contributed by atoms with van der Waals surface area (Å²) in [5.41, 5.74) is 1.25. The second-order valence-corrected chi connectivity index (χ2v) is 6.11. The number of carbonyl (C=O) groups is 2. The molecule has 1 aliphatic carbocycles. The normalized spacial score (nSPS) is 21.8. The molecule has 6 heteroatoms. The monoisotopic (exact) mass is 301 g/mol. The largest absolute Gasteiger partial charge is 0.482 e. The summed E-state index contributed by atoms with van der Waals surface area (Å²) in [5, 5.41) is 2.74. The first-order chi connectivity index (χ1) is 10.7. The van der Waals surface area contributed by atoms with E-state index < -0.39 is 0 Å². The van der Waals surface area contributed by atoms with Crippen molar-refractivity contribution in [3.63, 3.8) is 0 Å². The topological polar surface area (TPSA) is 61.9 Å². The number of amides is 2. The minimum atomic E-state index is -0.164. The highest BCUT2D eigenvalue weighted by atomic mass is 16.5. The number of anilines is 1. The highest BCUT2D eigenvalue weighted by Gasteiger charge is 2.32.